The van der Waals surface area contributed by atoms with Crippen molar-refractivity contribution in [3.05, 3.63) is 46.8 Å². The van der Waals surface area contributed by atoms with Crippen LogP contribution in [0.1, 0.15) is 22.5 Å². The number of ether oxygens (including phenoxy) is 3. The highest BCUT2D eigenvalue weighted by molar-refractivity contribution is 5.75. The molecule has 3 heterocycles. The number of nitrogens with zero attached hydrogens (tertiary/aromatic N) is 5. The van der Waals surface area contributed by atoms with Gasteiger partial charge in [-0.25, -0.2) is 4.98 Å². The molecule has 2 aromatic rings. The molecule has 0 radical (unpaired) electrons. The molecule has 32 heavy (non-hydrogen) atoms. The van der Waals surface area contributed by atoms with Gasteiger partial charge in [0.1, 0.15) is 12.4 Å². The van der Waals surface area contributed by atoms with Crippen LogP contribution in [0.25, 0.3) is 0 Å². The van der Waals surface area contributed by atoms with E-state index in [2.05, 4.69) is 51.8 Å². The molecule has 0 amide bonds. The lowest BCUT2D eigenvalue weighted by Gasteiger charge is -2.28. The molecule has 0 aliphatic carbocycles. The first kappa shape index (κ1) is 22.6. The number of aromatic nitrogens is 2. The van der Waals surface area contributed by atoms with Crippen molar-refractivity contribution in [3.63, 3.8) is 0 Å². The molecule has 0 N–H and O–H groups in total. The minimum atomic E-state index is 0.569. The summed E-state index contributed by atoms with van der Waals surface area (Å²) >= 11 is 0. The fourth-order valence-electron chi connectivity index (χ4n) is 3.76. The molecule has 172 valence electrons. The van der Waals surface area contributed by atoms with Crippen LogP contribution in [0.4, 0.5) is 5.82 Å². The molecule has 2 aliphatic heterocycles. The molecule has 1 aromatic heterocycles. The maximum atomic E-state index is 6.02. The zero-order valence-corrected chi connectivity index (χ0v) is 19.1. The van der Waals surface area contributed by atoms with Crippen LogP contribution >= 0.6 is 0 Å². The van der Waals surface area contributed by atoms with Crippen LogP contribution in [-0.4, -0.2) is 86.8 Å². The lowest BCUT2D eigenvalue weighted by molar-refractivity contribution is 0.0320. The van der Waals surface area contributed by atoms with Gasteiger partial charge in [-0.05, 0) is 30.5 Å². The summed E-state index contributed by atoms with van der Waals surface area (Å²) in [6.45, 7) is 12.8. The number of benzene rings is 1. The molecule has 1 aromatic carbocycles. The predicted molar refractivity (Wildman–Crippen MR) is 125 cm³/mol. The number of hydrogen-bond acceptors (Lipinski definition) is 8. The van der Waals surface area contributed by atoms with Gasteiger partial charge in [-0.2, -0.15) is 4.98 Å². The van der Waals surface area contributed by atoms with Crippen LogP contribution < -0.4 is 9.64 Å². The van der Waals surface area contributed by atoms with E-state index in [-0.39, 0.29) is 0 Å². The summed E-state index contributed by atoms with van der Waals surface area (Å²) in [5.74, 6) is 2.01. The largest absolute Gasteiger partial charge is 0.476 e. The van der Waals surface area contributed by atoms with Crippen molar-refractivity contribution in [2.75, 3.05) is 70.7 Å². The highest BCUT2D eigenvalue weighted by atomic mass is 16.5. The third-order valence-electron chi connectivity index (χ3n) is 5.85. The van der Waals surface area contributed by atoms with Crippen molar-refractivity contribution in [1.82, 2.24) is 14.9 Å². The topological polar surface area (TPSA) is 72.3 Å². The third kappa shape index (κ3) is 6.48. The number of aryl methyl sites for hydroxylation is 2. The molecule has 2 aliphatic rings. The van der Waals surface area contributed by atoms with E-state index in [1.165, 1.54) is 16.7 Å². The summed E-state index contributed by atoms with van der Waals surface area (Å²) < 4.78 is 16.9. The molecule has 0 saturated carbocycles. The lowest BCUT2D eigenvalue weighted by Crippen LogP contribution is -2.38. The first-order chi connectivity index (χ1) is 15.7. The van der Waals surface area contributed by atoms with Gasteiger partial charge in [-0.1, -0.05) is 18.2 Å². The van der Waals surface area contributed by atoms with Crippen LogP contribution in [-0.2, 0) is 16.0 Å². The fraction of sp³-hybridized carbons (Fsp3) is 0.542. The monoisotopic (exact) mass is 439 g/mol. The van der Waals surface area contributed by atoms with E-state index in [0.717, 1.165) is 51.8 Å². The van der Waals surface area contributed by atoms with Gasteiger partial charge in [0.25, 0.3) is 0 Å². The predicted octanol–water partition coefficient (Wildman–Crippen LogP) is 2.26. The summed E-state index contributed by atoms with van der Waals surface area (Å²) in [7, 11) is 0. The molecular weight excluding hydrogens is 406 g/mol. The summed E-state index contributed by atoms with van der Waals surface area (Å²) in [5, 5.41) is 0. The van der Waals surface area contributed by atoms with Crippen LogP contribution in [0.15, 0.2) is 29.3 Å². The Morgan fingerprint density at radius 1 is 0.969 bits per heavy atom. The average Bonchev–Trinajstić information content (AvgIpc) is 2.83. The summed E-state index contributed by atoms with van der Waals surface area (Å²) in [4.78, 5) is 18.5. The zero-order valence-electron chi connectivity index (χ0n) is 19.1. The van der Waals surface area contributed by atoms with E-state index < -0.39 is 0 Å². The Morgan fingerprint density at radius 2 is 1.72 bits per heavy atom. The molecule has 8 nitrogen and oxygen atoms in total. The molecule has 0 unspecified atom stereocenters. The van der Waals surface area contributed by atoms with E-state index in [0.29, 0.717) is 38.1 Å². The lowest BCUT2D eigenvalue weighted by atomic mass is 10.1. The second-order valence-electron chi connectivity index (χ2n) is 8.21. The minimum absolute atomic E-state index is 0.569. The highest BCUT2D eigenvalue weighted by Crippen LogP contribution is 2.19. The second-order valence-corrected chi connectivity index (χ2v) is 8.21. The summed E-state index contributed by atoms with van der Waals surface area (Å²) in [5.41, 5.74) is 3.74. The molecule has 0 atom stereocenters. The number of rotatable bonds is 8. The molecule has 2 fully saturated rings. The van der Waals surface area contributed by atoms with Crippen molar-refractivity contribution in [1.29, 1.82) is 0 Å². The van der Waals surface area contributed by atoms with Crippen LogP contribution in [0, 0.1) is 13.8 Å². The molecule has 2 saturated heterocycles. The number of aliphatic imine (C=N–C) groups is 1. The van der Waals surface area contributed by atoms with E-state index in [1.807, 2.05) is 6.07 Å². The number of hydrogen-bond donors (Lipinski definition) is 0. The van der Waals surface area contributed by atoms with Crippen molar-refractivity contribution in [2.45, 2.75) is 20.4 Å². The Balaban J connectivity index is 1.44. The molecule has 4 rings (SSSR count). The summed E-state index contributed by atoms with van der Waals surface area (Å²) in [6, 6.07) is 8.35. The molecular formula is C24H33N5O3. The Morgan fingerprint density at radius 3 is 2.47 bits per heavy atom. The number of morpholine rings is 2. The SMILES string of the molecule is Cc1ccc(CN=Cc2nc(OCCN3CCOCC3)cc(N3CCOCC3)n2)cc1C. The highest BCUT2D eigenvalue weighted by Gasteiger charge is 2.16. The van der Waals surface area contributed by atoms with Crippen molar-refractivity contribution >= 4 is 12.0 Å². The van der Waals surface area contributed by atoms with Crippen molar-refractivity contribution in [2.24, 2.45) is 4.99 Å². The van der Waals surface area contributed by atoms with Gasteiger partial charge < -0.3 is 19.1 Å². The van der Waals surface area contributed by atoms with Crippen LogP contribution in [0.5, 0.6) is 5.88 Å². The van der Waals surface area contributed by atoms with Gasteiger partial charge in [0.15, 0.2) is 5.82 Å². The maximum Gasteiger partial charge on any atom is 0.219 e. The first-order valence-electron chi connectivity index (χ1n) is 11.4. The van der Waals surface area contributed by atoms with Gasteiger partial charge >= 0.3 is 0 Å². The van der Waals surface area contributed by atoms with Gasteiger partial charge in [-0.15, -0.1) is 0 Å². The maximum absolute atomic E-state index is 6.02. The molecule has 0 spiro atoms. The van der Waals surface area contributed by atoms with E-state index in [1.54, 1.807) is 6.21 Å². The van der Waals surface area contributed by atoms with Gasteiger partial charge in [0, 0.05) is 38.8 Å². The normalized spacial score (nSPS) is 17.8. The quantitative estimate of drug-likeness (QED) is 0.584. The van der Waals surface area contributed by atoms with E-state index in [4.69, 9.17) is 19.2 Å². The zero-order chi connectivity index (χ0) is 22.2. The van der Waals surface area contributed by atoms with E-state index >= 15 is 0 Å². The van der Waals surface area contributed by atoms with Gasteiger partial charge in [0.05, 0.1) is 39.2 Å². The van der Waals surface area contributed by atoms with Crippen molar-refractivity contribution in [3.8, 4) is 5.88 Å². The Hall–Kier alpha value is -2.55. The van der Waals surface area contributed by atoms with Crippen LogP contribution in [0.2, 0.25) is 0 Å². The Labute approximate surface area is 190 Å². The minimum Gasteiger partial charge on any atom is -0.476 e. The Kier molecular flexibility index (Phi) is 8.03. The number of anilines is 1. The van der Waals surface area contributed by atoms with E-state index in [9.17, 15) is 0 Å². The van der Waals surface area contributed by atoms with Crippen molar-refractivity contribution < 1.29 is 14.2 Å². The fourth-order valence-corrected chi connectivity index (χ4v) is 3.76. The second kappa shape index (κ2) is 11.4. The smallest absolute Gasteiger partial charge is 0.219 e. The standard InChI is InChI=1S/C24H33N5O3/c1-19-3-4-21(15-20(19)2)17-25-18-22-26-23(29-8-12-31-13-9-29)16-24(27-22)32-14-7-28-5-10-30-11-6-28/h3-4,15-16,18H,5-14,17H2,1-2H3. The third-order valence-corrected chi connectivity index (χ3v) is 5.85. The summed E-state index contributed by atoms with van der Waals surface area (Å²) in [6.07, 6.45) is 1.74. The molecule has 0 bridgehead atoms. The van der Waals surface area contributed by atoms with Gasteiger partial charge in [0.2, 0.25) is 5.88 Å². The molecule has 8 heteroatoms. The van der Waals surface area contributed by atoms with Gasteiger partial charge in [-0.3, -0.25) is 9.89 Å². The first-order valence-corrected chi connectivity index (χ1v) is 11.4. The van der Waals surface area contributed by atoms with Crippen LogP contribution in [0.3, 0.4) is 0 Å². The average molecular weight is 440 g/mol. The Bertz CT molecular complexity index is 909.